The Morgan fingerprint density at radius 3 is 2.29 bits per heavy atom. The lowest BCUT2D eigenvalue weighted by molar-refractivity contribution is -0.364. The molecule has 17 nitrogen and oxygen atoms in total. The molecule has 5 aliphatic rings. The van der Waals surface area contributed by atoms with E-state index in [0.717, 1.165) is 6.92 Å². The van der Waals surface area contributed by atoms with Crippen LogP contribution in [0.15, 0.2) is 64.3 Å². The highest BCUT2D eigenvalue weighted by molar-refractivity contribution is 5.92. The zero-order valence-corrected chi connectivity index (χ0v) is 33.8. The third kappa shape index (κ3) is 6.43. The van der Waals surface area contributed by atoms with Crippen LogP contribution in [0.1, 0.15) is 82.2 Å². The zero-order chi connectivity index (χ0) is 43.0. The average molecular weight is 826 g/mol. The van der Waals surface area contributed by atoms with Crippen molar-refractivity contribution >= 4 is 30.0 Å². The van der Waals surface area contributed by atoms with Gasteiger partial charge in [-0.25, -0.2) is 14.4 Å². The molecule has 320 valence electrons. The van der Waals surface area contributed by atoms with Gasteiger partial charge in [0.1, 0.15) is 12.2 Å². The maximum absolute atomic E-state index is 14.3. The van der Waals surface area contributed by atoms with Gasteiger partial charge in [0.05, 0.1) is 42.6 Å². The molecule has 4 fully saturated rings. The molecule has 1 spiro atoms. The Morgan fingerprint density at radius 1 is 1.00 bits per heavy atom. The fraction of sp³-hybridized carbons (Fsp3) is 0.595. The largest absolute Gasteiger partial charge is 0.509 e. The van der Waals surface area contributed by atoms with Crippen molar-refractivity contribution in [3.63, 3.8) is 0 Å². The highest BCUT2D eigenvalue weighted by atomic mass is 16.8. The van der Waals surface area contributed by atoms with E-state index in [2.05, 4.69) is 5.32 Å². The minimum atomic E-state index is -2.28. The van der Waals surface area contributed by atoms with E-state index >= 15 is 0 Å². The molecule has 2 bridgehead atoms. The molecular weight excluding hydrogens is 774 g/mol. The predicted octanol–water partition coefficient (Wildman–Crippen LogP) is 2.38. The summed E-state index contributed by atoms with van der Waals surface area (Å²) in [5.41, 5.74) is -7.40. The van der Waals surface area contributed by atoms with Crippen molar-refractivity contribution in [1.29, 1.82) is 0 Å². The SMILES string of the molecule is CC(=O)O[C@@]12CO[C@@H]1C[C@H](O)[C@]1(C)C2[C@H](OC(=O)c2ccccc2)[C@]23OC(=O)O[C@H]2[C@H](OC(=O)[C@H](O)[C@H](CC(C)C)NC(=O)c2ccco2)C(C)=C([C@@H](O)[C@H]1O)C3(C)C. The minimum Gasteiger partial charge on any atom is -0.459 e. The number of rotatable bonds is 10. The van der Waals surface area contributed by atoms with Gasteiger partial charge in [0.25, 0.3) is 5.91 Å². The lowest BCUT2D eigenvalue weighted by Gasteiger charge is -2.68. The van der Waals surface area contributed by atoms with Crippen LogP contribution in [0.5, 0.6) is 0 Å². The van der Waals surface area contributed by atoms with E-state index < -0.39 is 113 Å². The Bertz CT molecular complexity index is 2010. The first kappa shape index (κ1) is 42.3. The van der Waals surface area contributed by atoms with E-state index in [-0.39, 0.29) is 47.8 Å². The minimum absolute atomic E-state index is 0.00199. The number of nitrogens with one attached hydrogen (secondary N) is 1. The first-order valence-electron chi connectivity index (χ1n) is 19.7. The number of esters is 3. The van der Waals surface area contributed by atoms with Crippen LogP contribution in [0.25, 0.3) is 0 Å². The molecule has 59 heavy (non-hydrogen) atoms. The first-order valence-corrected chi connectivity index (χ1v) is 19.7. The summed E-state index contributed by atoms with van der Waals surface area (Å²) in [5.74, 6) is -5.38. The molecule has 1 aromatic heterocycles. The molecule has 3 heterocycles. The number of hydrogen-bond acceptors (Lipinski definition) is 16. The van der Waals surface area contributed by atoms with Gasteiger partial charge < -0.3 is 58.6 Å². The molecule has 1 unspecified atom stereocenters. The lowest BCUT2D eigenvalue weighted by atomic mass is 9.44. The van der Waals surface area contributed by atoms with Gasteiger partial charge in [-0.3, -0.25) is 9.59 Å². The van der Waals surface area contributed by atoms with E-state index in [1.165, 1.54) is 44.4 Å². The van der Waals surface area contributed by atoms with Crippen LogP contribution < -0.4 is 5.32 Å². The molecule has 1 amide bonds. The second-order valence-corrected chi connectivity index (χ2v) is 17.4. The molecule has 2 aromatic rings. The standard InChI is InChI=1S/C42H51NO16/c1-19(2)16-23(43-35(49)24-14-11-15-53-24)28(46)37(51)55-30-20(3)27-29(47)32(48)40(7)25(45)17-26-41(18-54-26,58-21(4)44)31(40)34(56-36(50)22-12-9-8-10-13-22)42(39(27,5)6)33(30)57-38(52)59-42/h8-15,19,23,25-26,28-34,45-48H,16-18H2,1-7H3,(H,43,49)/t23-,25-,26+,28+,29+,30+,31?,32+,33-,34-,40+,41-,42+/m0/s1. The highest BCUT2D eigenvalue weighted by Crippen LogP contribution is 2.67. The number of carbonyl (C=O) groups is 5. The van der Waals surface area contributed by atoms with Crippen molar-refractivity contribution in [2.75, 3.05) is 6.61 Å². The van der Waals surface area contributed by atoms with Gasteiger partial charge in [0.15, 0.2) is 35.8 Å². The summed E-state index contributed by atoms with van der Waals surface area (Å²) in [7, 11) is 0. The molecule has 2 aliphatic heterocycles. The Hall–Kier alpha value is -4.81. The van der Waals surface area contributed by atoms with Crippen LogP contribution in [0.2, 0.25) is 0 Å². The van der Waals surface area contributed by atoms with Crippen molar-refractivity contribution in [1.82, 2.24) is 5.32 Å². The van der Waals surface area contributed by atoms with Crippen LogP contribution in [0.4, 0.5) is 4.79 Å². The van der Waals surface area contributed by atoms with Gasteiger partial charge in [-0.05, 0) is 54.7 Å². The third-order valence-electron chi connectivity index (χ3n) is 13.3. The highest BCUT2D eigenvalue weighted by Gasteiger charge is 2.82. The number of amides is 1. The third-order valence-corrected chi connectivity index (χ3v) is 13.3. The summed E-state index contributed by atoms with van der Waals surface area (Å²) >= 11 is 0. The number of fused-ring (bicyclic) bond motifs is 4. The Morgan fingerprint density at radius 2 is 1.69 bits per heavy atom. The molecule has 3 aliphatic carbocycles. The normalized spacial score (nSPS) is 36.4. The summed E-state index contributed by atoms with van der Waals surface area (Å²) in [6.07, 6.45) is -13.5. The smallest absolute Gasteiger partial charge is 0.459 e. The van der Waals surface area contributed by atoms with E-state index in [9.17, 15) is 44.4 Å². The Balaban J connectivity index is 1.41. The van der Waals surface area contributed by atoms with Crippen molar-refractivity contribution in [2.24, 2.45) is 22.7 Å². The van der Waals surface area contributed by atoms with Crippen LogP contribution in [0.3, 0.4) is 0 Å². The number of hydrogen-bond donors (Lipinski definition) is 5. The number of ether oxygens (including phenoxy) is 6. The van der Waals surface area contributed by atoms with Crippen LogP contribution in [-0.2, 0) is 38.0 Å². The fourth-order valence-corrected chi connectivity index (χ4v) is 10.5. The van der Waals surface area contributed by atoms with E-state index in [4.69, 9.17) is 32.8 Å². The molecule has 2 saturated heterocycles. The van der Waals surface area contributed by atoms with Crippen LogP contribution in [0, 0.1) is 22.7 Å². The number of furan rings is 1. The van der Waals surface area contributed by atoms with E-state index in [0.29, 0.717) is 0 Å². The molecule has 7 rings (SSSR count). The van der Waals surface area contributed by atoms with E-state index in [1.807, 2.05) is 13.8 Å². The Labute approximate surface area is 339 Å². The van der Waals surface area contributed by atoms with E-state index in [1.54, 1.807) is 32.0 Å². The molecule has 17 heteroatoms. The molecule has 0 radical (unpaired) electrons. The maximum atomic E-state index is 14.3. The quantitative estimate of drug-likeness (QED) is 0.131. The number of carbonyl (C=O) groups excluding carboxylic acids is 5. The lowest BCUT2D eigenvalue weighted by Crippen LogP contribution is -2.83. The summed E-state index contributed by atoms with van der Waals surface area (Å²) in [6, 6.07) is 9.53. The van der Waals surface area contributed by atoms with Gasteiger partial charge in [0.2, 0.25) is 5.60 Å². The van der Waals surface area contributed by atoms with Gasteiger partial charge in [-0.1, -0.05) is 52.8 Å². The summed E-state index contributed by atoms with van der Waals surface area (Å²) in [4.78, 5) is 68.3. The maximum Gasteiger partial charge on any atom is 0.509 e. The summed E-state index contributed by atoms with van der Waals surface area (Å²) in [5, 5.41) is 51.1. The van der Waals surface area contributed by atoms with Crippen LogP contribution >= 0.6 is 0 Å². The number of aliphatic hydroxyl groups is 4. The molecule has 2 saturated carbocycles. The van der Waals surface area contributed by atoms with Crippen molar-refractivity contribution in [3.05, 3.63) is 71.2 Å². The average Bonchev–Trinajstić information content (AvgIpc) is 3.84. The van der Waals surface area contributed by atoms with Gasteiger partial charge in [-0.15, -0.1) is 0 Å². The second kappa shape index (κ2) is 15.0. The van der Waals surface area contributed by atoms with Crippen molar-refractivity contribution in [3.8, 4) is 0 Å². The number of benzene rings is 1. The predicted molar refractivity (Wildman–Crippen MR) is 200 cm³/mol. The van der Waals surface area contributed by atoms with Crippen molar-refractivity contribution < 1.29 is 77.2 Å². The van der Waals surface area contributed by atoms with Gasteiger partial charge >= 0.3 is 24.1 Å². The summed E-state index contributed by atoms with van der Waals surface area (Å²) < 4.78 is 41.9. The molecular formula is C42H51NO16. The van der Waals surface area contributed by atoms with Crippen LogP contribution in [-0.4, -0.2) is 123 Å². The topological polar surface area (TPSA) is 247 Å². The first-order chi connectivity index (χ1) is 27.7. The second-order valence-electron chi connectivity index (χ2n) is 17.4. The van der Waals surface area contributed by atoms with Gasteiger partial charge in [0, 0.05) is 24.2 Å². The monoisotopic (exact) mass is 825 g/mol. The number of aliphatic hydroxyl groups excluding tert-OH is 4. The van der Waals surface area contributed by atoms with Crippen molar-refractivity contribution in [2.45, 2.75) is 127 Å². The molecule has 5 N–H and O–H groups in total. The summed E-state index contributed by atoms with van der Waals surface area (Å²) in [6.45, 7) is 10.6. The zero-order valence-electron chi connectivity index (χ0n) is 33.8. The fourth-order valence-electron chi connectivity index (χ4n) is 10.5. The molecule has 1 aromatic carbocycles. The Kier molecular flexibility index (Phi) is 10.8. The molecule has 13 atom stereocenters. The van der Waals surface area contributed by atoms with Gasteiger partial charge in [-0.2, -0.15) is 0 Å².